The molecule has 0 bridgehead atoms. The molecule has 0 spiro atoms. The third-order valence-electron chi connectivity index (χ3n) is 4.02. The number of nitrogens with zero attached hydrogens (tertiary/aromatic N) is 2. The number of fused-ring (bicyclic) bond motifs is 1. The van der Waals surface area contributed by atoms with E-state index in [-0.39, 0.29) is 18.2 Å². The van der Waals surface area contributed by atoms with Gasteiger partial charge in [0.05, 0.1) is 6.61 Å². The van der Waals surface area contributed by atoms with Gasteiger partial charge in [0.25, 0.3) is 0 Å². The molecule has 1 N–H and O–H groups in total. The van der Waals surface area contributed by atoms with E-state index >= 15 is 0 Å². The summed E-state index contributed by atoms with van der Waals surface area (Å²) in [5.74, 6) is -0.389. The minimum atomic E-state index is -0.551. The largest absolute Gasteiger partial charge is 0.461 e. The van der Waals surface area contributed by atoms with E-state index in [9.17, 15) is 9.59 Å². The van der Waals surface area contributed by atoms with Gasteiger partial charge in [-0.25, -0.2) is 9.78 Å². The normalized spacial score (nSPS) is 10.7. The fourth-order valence-corrected chi connectivity index (χ4v) is 2.66. The average molecular weight is 351 g/mol. The Hall–Kier alpha value is -3.15. The molecular formula is C20H21N3O3. The Labute approximate surface area is 151 Å². The first-order chi connectivity index (χ1) is 12.6. The Morgan fingerprint density at radius 2 is 1.92 bits per heavy atom. The standard InChI is InChI=1S/C20H21N3O3/c1-3-26-20(25)18-19(23-13-5-4-6-16(23)21-18)22-17(24)12-11-15-9-7-14(2)8-10-15/h4-10,13H,3,11-12H2,1-2H3,(H,22,24). The molecular weight excluding hydrogens is 330 g/mol. The van der Waals surface area contributed by atoms with Gasteiger partial charge < -0.3 is 10.1 Å². The van der Waals surface area contributed by atoms with E-state index in [1.54, 1.807) is 23.6 Å². The van der Waals surface area contributed by atoms with Gasteiger partial charge in [0, 0.05) is 12.6 Å². The predicted molar refractivity (Wildman–Crippen MR) is 99.3 cm³/mol. The smallest absolute Gasteiger partial charge is 0.360 e. The summed E-state index contributed by atoms with van der Waals surface area (Å²) in [5, 5.41) is 2.82. The Kier molecular flexibility index (Phi) is 5.31. The zero-order valence-corrected chi connectivity index (χ0v) is 14.9. The van der Waals surface area contributed by atoms with Crippen LogP contribution in [0.2, 0.25) is 0 Å². The fraction of sp³-hybridized carbons (Fsp3) is 0.250. The number of anilines is 1. The van der Waals surface area contributed by atoms with E-state index in [0.29, 0.717) is 24.3 Å². The van der Waals surface area contributed by atoms with Crippen LogP contribution >= 0.6 is 0 Å². The molecule has 2 aromatic heterocycles. The number of carbonyl (C=O) groups excluding carboxylic acids is 2. The lowest BCUT2D eigenvalue weighted by atomic mass is 10.1. The summed E-state index contributed by atoms with van der Waals surface area (Å²) >= 11 is 0. The lowest BCUT2D eigenvalue weighted by molar-refractivity contribution is -0.116. The second kappa shape index (κ2) is 7.82. The minimum Gasteiger partial charge on any atom is -0.461 e. The summed E-state index contributed by atoms with van der Waals surface area (Å²) in [7, 11) is 0. The van der Waals surface area contributed by atoms with Crippen molar-refractivity contribution >= 4 is 23.3 Å². The molecule has 134 valence electrons. The number of nitrogens with one attached hydrogen (secondary N) is 1. The highest BCUT2D eigenvalue weighted by Gasteiger charge is 2.21. The highest BCUT2D eigenvalue weighted by molar-refractivity contribution is 6.00. The minimum absolute atomic E-state index is 0.113. The van der Waals surface area contributed by atoms with Crippen molar-refractivity contribution in [2.24, 2.45) is 0 Å². The van der Waals surface area contributed by atoms with Gasteiger partial charge in [-0.2, -0.15) is 0 Å². The molecule has 0 aliphatic heterocycles. The monoisotopic (exact) mass is 351 g/mol. The fourth-order valence-electron chi connectivity index (χ4n) is 2.66. The molecule has 0 radical (unpaired) electrons. The van der Waals surface area contributed by atoms with Gasteiger partial charge in [0.2, 0.25) is 5.91 Å². The molecule has 0 aliphatic rings. The van der Waals surface area contributed by atoms with Gasteiger partial charge in [0.1, 0.15) is 5.65 Å². The number of amides is 1. The van der Waals surface area contributed by atoms with E-state index in [1.165, 1.54) is 5.56 Å². The number of rotatable bonds is 6. The average Bonchev–Trinajstić information content (AvgIpc) is 3.00. The van der Waals surface area contributed by atoms with Crippen LogP contribution in [0.25, 0.3) is 5.65 Å². The first-order valence-electron chi connectivity index (χ1n) is 8.58. The summed E-state index contributed by atoms with van der Waals surface area (Å²) in [5.41, 5.74) is 2.96. The van der Waals surface area contributed by atoms with Crippen molar-refractivity contribution in [3.05, 3.63) is 65.5 Å². The van der Waals surface area contributed by atoms with Crippen LogP contribution in [0.15, 0.2) is 48.7 Å². The Balaban J connectivity index is 1.78. The number of hydrogen-bond acceptors (Lipinski definition) is 4. The molecule has 0 fully saturated rings. The van der Waals surface area contributed by atoms with Gasteiger partial charge in [0.15, 0.2) is 11.5 Å². The van der Waals surface area contributed by atoms with Gasteiger partial charge >= 0.3 is 5.97 Å². The SMILES string of the molecule is CCOC(=O)c1nc2ccccn2c1NC(=O)CCc1ccc(C)cc1. The Morgan fingerprint density at radius 1 is 1.15 bits per heavy atom. The van der Waals surface area contributed by atoms with E-state index in [4.69, 9.17) is 4.74 Å². The van der Waals surface area contributed by atoms with Crippen LogP contribution in [-0.4, -0.2) is 27.9 Å². The van der Waals surface area contributed by atoms with Crippen molar-refractivity contribution in [3.63, 3.8) is 0 Å². The van der Waals surface area contributed by atoms with E-state index < -0.39 is 5.97 Å². The number of benzene rings is 1. The molecule has 2 heterocycles. The Morgan fingerprint density at radius 3 is 2.65 bits per heavy atom. The van der Waals surface area contributed by atoms with Crippen LogP contribution in [0.1, 0.15) is 35.0 Å². The number of hydrogen-bond donors (Lipinski definition) is 1. The predicted octanol–water partition coefficient (Wildman–Crippen LogP) is 3.39. The van der Waals surface area contributed by atoms with Crippen molar-refractivity contribution in [1.29, 1.82) is 0 Å². The lowest BCUT2D eigenvalue weighted by Gasteiger charge is -2.07. The molecule has 6 nitrogen and oxygen atoms in total. The van der Waals surface area contributed by atoms with Crippen molar-refractivity contribution in [3.8, 4) is 0 Å². The van der Waals surface area contributed by atoms with Crippen LogP contribution < -0.4 is 5.32 Å². The highest BCUT2D eigenvalue weighted by atomic mass is 16.5. The summed E-state index contributed by atoms with van der Waals surface area (Å²) in [6.07, 6.45) is 2.68. The molecule has 0 saturated carbocycles. The van der Waals surface area contributed by atoms with E-state index in [0.717, 1.165) is 5.56 Å². The number of ether oxygens (including phenoxy) is 1. The number of aromatic nitrogens is 2. The van der Waals surface area contributed by atoms with Gasteiger partial charge in [-0.15, -0.1) is 0 Å². The number of carbonyl (C=O) groups is 2. The maximum Gasteiger partial charge on any atom is 0.360 e. The molecule has 1 amide bonds. The summed E-state index contributed by atoms with van der Waals surface area (Å²) in [4.78, 5) is 28.9. The molecule has 0 atom stereocenters. The second-order valence-electron chi connectivity index (χ2n) is 5.99. The highest BCUT2D eigenvalue weighted by Crippen LogP contribution is 2.20. The van der Waals surface area contributed by atoms with Gasteiger partial charge in [-0.1, -0.05) is 35.9 Å². The number of esters is 1. The summed E-state index contributed by atoms with van der Waals surface area (Å²) in [6, 6.07) is 13.5. The molecule has 1 aromatic carbocycles. The van der Waals surface area contributed by atoms with E-state index in [2.05, 4.69) is 10.3 Å². The molecule has 0 saturated heterocycles. The second-order valence-corrected chi connectivity index (χ2v) is 5.99. The summed E-state index contributed by atoms with van der Waals surface area (Å²) < 4.78 is 6.73. The molecule has 0 unspecified atom stereocenters. The number of pyridine rings is 1. The number of imidazole rings is 1. The van der Waals surface area contributed by atoms with Gasteiger partial charge in [-0.05, 0) is 38.0 Å². The third kappa shape index (κ3) is 3.91. The zero-order chi connectivity index (χ0) is 18.5. The quantitative estimate of drug-likeness (QED) is 0.691. The van der Waals surface area contributed by atoms with Crippen LogP contribution in [0, 0.1) is 6.92 Å². The van der Waals surface area contributed by atoms with Crippen molar-refractivity contribution < 1.29 is 14.3 Å². The topological polar surface area (TPSA) is 72.7 Å². The Bertz CT molecular complexity index is 929. The van der Waals surface area contributed by atoms with Crippen LogP contribution in [0.3, 0.4) is 0 Å². The number of aryl methyl sites for hydroxylation is 2. The first kappa shape index (κ1) is 17.7. The third-order valence-corrected chi connectivity index (χ3v) is 4.02. The first-order valence-corrected chi connectivity index (χ1v) is 8.58. The zero-order valence-electron chi connectivity index (χ0n) is 14.9. The van der Waals surface area contributed by atoms with Crippen LogP contribution in [-0.2, 0) is 16.0 Å². The molecule has 6 heteroatoms. The van der Waals surface area contributed by atoms with Crippen molar-refractivity contribution in [2.75, 3.05) is 11.9 Å². The lowest BCUT2D eigenvalue weighted by Crippen LogP contribution is -2.17. The van der Waals surface area contributed by atoms with Crippen molar-refractivity contribution in [1.82, 2.24) is 9.38 Å². The van der Waals surface area contributed by atoms with Crippen LogP contribution in [0.4, 0.5) is 5.82 Å². The van der Waals surface area contributed by atoms with Gasteiger partial charge in [-0.3, -0.25) is 9.20 Å². The summed E-state index contributed by atoms with van der Waals surface area (Å²) in [6.45, 7) is 4.00. The van der Waals surface area contributed by atoms with Crippen LogP contribution in [0.5, 0.6) is 0 Å². The maximum absolute atomic E-state index is 12.4. The maximum atomic E-state index is 12.4. The van der Waals surface area contributed by atoms with E-state index in [1.807, 2.05) is 43.3 Å². The molecule has 0 aliphatic carbocycles. The molecule has 3 rings (SSSR count). The van der Waals surface area contributed by atoms with Crippen molar-refractivity contribution in [2.45, 2.75) is 26.7 Å². The molecule has 26 heavy (non-hydrogen) atoms. The molecule has 3 aromatic rings.